The molecule has 0 bridgehead atoms. The minimum absolute atomic E-state index is 0.232. The Balaban J connectivity index is 1.43. The Morgan fingerprint density at radius 3 is 2.40 bits per heavy atom. The summed E-state index contributed by atoms with van der Waals surface area (Å²) in [4.78, 5) is 37.6. The molecule has 0 spiro atoms. The Hall–Kier alpha value is -2.93. The van der Waals surface area contributed by atoms with Gasteiger partial charge in [0.05, 0.1) is 23.2 Å². The van der Waals surface area contributed by atoms with Gasteiger partial charge in [0.1, 0.15) is 12.0 Å². The number of amides is 3. The fourth-order valence-corrected chi connectivity index (χ4v) is 2.75. The molecule has 1 aliphatic rings. The van der Waals surface area contributed by atoms with Crippen LogP contribution in [0.4, 0.5) is 0 Å². The second-order valence-electron chi connectivity index (χ2n) is 5.78. The Morgan fingerprint density at radius 2 is 1.80 bits per heavy atom. The lowest BCUT2D eigenvalue weighted by molar-refractivity contribution is 0.0650. The van der Waals surface area contributed by atoms with Gasteiger partial charge in [-0.15, -0.1) is 0 Å². The summed E-state index contributed by atoms with van der Waals surface area (Å²) in [5.41, 5.74) is 6.77. The Kier molecular flexibility index (Phi) is 4.95. The van der Waals surface area contributed by atoms with E-state index < -0.39 is 0 Å². The number of nitrogens with zero attached hydrogens (tertiary/aromatic N) is 1. The summed E-state index contributed by atoms with van der Waals surface area (Å²) < 4.78 is 5.12. The van der Waals surface area contributed by atoms with Crippen molar-refractivity contribution in [2.24, 2.45) is 5.73 Å². The number of unbranched alkanes of at least 4 members (excludes halogenated alkanes) is 1. The lowest BCUT2D eigenvalue weighted by atomic mass is 10.1. The van der Waals surface area contributed by atoms with Crippen molar-refractivity contribution in [1.82, 2.24) is 10.2 Å². The predicted octanol–water partition coefficient (Wildman–Crippen LogP) is 1.54. The Labute approximate surface area is 144 Å². The monoisotopic (exact) mass is 341 g/mol. The molecule has 2 aromatic rings. The molecule has 1 aromatic carbocycles. The van der Waals surface area contributed by atoms with Crippen molar-refractivity contribution in [3.63, 3.8) is 0 Å². The molecule has 130 valence electrons. The number of furan rings is 1. The summed E-state index contributed by atoms with van der Waals surface area (Å²) in [5.74, 6) is -0.186. The highest BCUT2D eigenvalue weighted by molar-refractivity contribution is 6.21. The number of carbonyl (C=O) groups excluding carboxylic acids is 3. The highest BCUT2D eigenvalue weighted by Crippen LogP contribution is 2.22. The van der Waals surface area contributed by atoms with Gasteiger partial charge in [-0.05, 0) is 31.0 Å². The zero-order valence-corrected chi connectivity index (χ0v) is 13.7. The summed E-state index contributed by atoms with van der Waals surface area (Å²) >= 11 is 0. The number of nitrogens with two attached hydrogens (primary N) is 1. The smallest absolute Gasteiger partial charge is 0.261 e. The molecule has 2 heterocycles. The molecule has 7 nitrogen and oxygen atoms in total. The molecule has 0 unspecified atom stereocenters. The van der Waals surface area contributed by atoms with Crippen LogP contribution in [0.25, 0.3) is 0 Å². The fraction of sp³-hybridized carbons (Fsp3) is 0.278. The van der Waals surface area contributed by atoms with E-state index in [-0.39, 0.29) is 24.3 Å². The molecular formula is C18H19N3O4. The largest absolute Gasteiger partial charge is 0.467 e. The van der Waals surface area contributed by atoms with Crippen LogP contribution in [0.1, 0.15) is 49.7 Å². The average molecular weight is 341 g/mol. The van der Waals surface area contributed by atoms with Crippen molar-refractivity contribution < 1.29 is 18.8 Å². The normalized spacial score (nSPS) is 13.2. The first-order chi connectivity index (χ1) is 12.1. The van der Waals surface area contributed by atoms with Crippen molar-refractivity contribution in [3.8, 4) is 0 Å². The van der Waals surface area contributed by atoms with Crippen LogP contribution in [-0.2, 0) is 6.54 Å². The summed E-state index contributed by atoms with van der Waals surface area (Å²) in [5, 5.41) is 2.77. The molecule has 0 fully saturated rings. The van der Waals surface area contributed by atoms with Crippen molar-refractivity contribution in [1.29, 1.82) is 0 Å². The second kappa shape index (κ2) is 7.31. The van der Waals surface area contributed by atoms with E-state index in [1.54, 1.807) is 30.3 Å². The molecule has 25 heavy (non-hydrogen) atoms. The molecule has 0 aliphatic carbocycles. The van der Waals surface area contributed by atoms with E-state index in [0.717, 1.165) is 0 Å². The van der Waals surface area contributed by atoms with Gasteiger partial charge in [-0.25, -0.2) is 0 Å². The lowest BCUT2D eigenvalue weighted by Crippen LogP contribution is -2.31. The van der Waals surface area contributed by atoms with E-state index in [2.05, 4.69) is 5.32 Å². The van der Waals surface area contributed by atoms with E-state index >= 15 is 0 Å². The number of hydrogen-bond donors (Lipinski definition) is 2. The number of hydrogen-bond acceptors (Lipinski definition) is 5. The second-order valence-corrected chi connectivity index (χ2v) is 5.78. The van der Waals surface area contributed by atoms with Gasteiger partial charge in [-0.2, -0.15) is 0 Å². The average Bonchev–Trinajstić information content (AvgIpc) is 3.20. The minimum atomic E-state index is -0.252. The molecule has 3 amide bonds. The van der Waals surface area contributed by atoms with Gasteiger partial charge in [0.25, 0.3) is 17.7 Å². The highest BCUT2D eigenvalue weighted by atomic mass is 16.3. The van der Waals surface area contributed by atoms with Crippen LogP contribution in [0.3, 0.4) is 0 Å². The van der Waals surface area contributed by atoms with Crippen LogP contribution in [0, 0.1) is 0 Å². The van der Waals surface area contributed by atoms with Crippen molar-refractivity contribution >= 4 is 17.7 Å². The number of rotatable bonds is 7. The van der Waals surface area contributed by atoms with Crippen LogP contribution in [0.15, 0.2) is 41.0 Å². The van der Waals surface area contributed by atoms with Crippen LogP contribution in [0.5, 0.6) is 0 Å². The third-order valence-corrected chi connectivity index (χ3v) is 4.09. The molecule has 0 radical (unpaired) electrons. The Morgan fingerprint density at radius 1 is 1.12 bits per heavy atom. The molecule has 7 heteroatoms. The maximum Gasteiger partial charge on any atom is 0.261 e. The zero-order valence-electron chi connectivity index (χ0n) is 13.7. The third-order valence-electron chi connectivity index (χ3n) is 4.09. The quantitative estimate of drug-likeness (QED) is 0.587. The number of nitrogens with one attached hydrogen (secondary N) is 1. The van der Waals surface area contributed by atoms with Crippen LogP contribution in [-0.4, -0.2) is 35.7 Å². The number of carbonyl (C=O) groups is 3. The maximum atomic E-state index is 12.2. The maximum absolute atomic E-state index is 12.2. The number of imide groups is 1. The summed E-state index contributed by atoms with van der Waals surface area (Å²) in [6.07, 6.45) is 2.64. The predicted molar refractivity (Wildman–Crippen MR) is 90.0 cm³/mol. The summed E-state index contributed by atoms with van der Waals surface area (Å²) in [6.45, 7) is 1.03. The van der Waals surface area contributed by atoms with Gasteiger partial charge in [0.15, 0.2) is 0 Å². The van der Waals surface area contributed by atoms with E-state index in [1.807, 2.05) is 0 Å². The van der Waals surface area contributed by atoms with Gasteiger partial charge >= 0.3 is 0 Å². The van der Waals surface area contributed by atoms with Gasteiger partial charge in [0, 0.05) is 13.1 Å². The standard InChI is InChI=1S/C18H19N3O4/c19-10-13-9-12(11-25-13)16(22)20-7-3-4-8-21-17(23)14-5-1-2-6-15(14)18(21)24/h1-2,5-6,9,11H,3-4,7-8,10,19H2,(H,20,22). The first-order valence-electron chi connectivity index (χ1n) is 8.12. The number of fused-ring (bicyclic) bond motifs is 1. The molecule has 0 atom stereocenters. The van der Waals surface area contributed by atoms with E-state index in [0.29, 0.717) is 48.4 Å². The molecule has 3 N–H and O–H groups in total. The lowest BCUT2D eigenvalue weighted by Gasteiger charge is -2.13. The summed E-state index contributed by atoms with van der Waals surface area (Å²) in [7, 11) is 0. The zero-order chi connectivity index (χ0) is 17.8. The van der Waals surface area contributed by atoms with Crippen LogP contribution < -0.4 is 11.1 Å². The first kappa shape index (κ1) is 16.9. The van der Waals surface area contributed by atoms with Crippen molar-refractivity contribution in [3.05, 3.63) is 59.0 Å². The van der Waals surface area contributed by atoms with Gasteiger partial charge in [0.2, 0.25) is 0 Å². The number of benzene rings is 1. The third kappa shape index (κ3) is 3.46. The van der Waals surface area contributed by atoms with Crippen molar-refractivity contribution in [2.75, 3.05) is 13.1 Å². The topological polar surface area (TPSA) is 106 Å². The minimum Gasteiger partial charge on any atom is -0.467 e. The first-order valence-corrected chi connectivity index (χ1v) is 8.12. The Bertz CT molecular complexity index is 777. The van der Waals surface area contributed by atoms with Gasteiger partial charge in [-0.1, -0.05) is 12.1 Å². The highest BCUT2D eigenvalue weighted by Gasteiger charge is 2.34. The molecule has 0 saturated carbocycles. The van der Waals surface area contributed by atoms with E-state index in [1.165, 1.54) is 11.2 Å². The van der Waals surface area contributed by atoms with Gasteiger partial charge in [-0.3, -0.25) is 19.3 Å². The molecular weight excluding hydrogens is 322 g/mol. The molecule has 1 aromatic heterocycles. The summed E-state index contributed by atoms with van der Waals surface area (Å²) in [6, 6.07) is 8.42. The van der Waals surface area contributed by atoms with Crippen LogP contribution in [0.2, 0.25) is 0 Å². The molecule has 1 aliphatic heterocycles. The fourth-order valence-electron chi connectivity index (χ4n) is 2.75. The van der Waals surface area contributed by atoms with E-state index in [9.17, 15) is 14.4 Å². The van der Waals surface area contributed by atoms with Crippen molar-refractivity contribution in [2.45, 2.75) is 19.4 Å². The van der Waals surface area contributed by atoms with Gasteiger partial charge < -0.3 is 15.5 Å². The molecule has 0 saturated heterocycles. The molecule has 3 rings (SSSR count). The van der Waals surface area contributed by atoms with E-state index in [4.69, 9.17) is 10.2 Å². The SMILES string of the molecule is NCc1cc(C(=O)NCCCCN2C(=O)c3ccccc3C2=O)co1. The van der Waals surface area contributed by atoms with Crippen LogP contribution >= 0.6 is 0 Å².